The Kier molecular flexibility index (Phi) is 7.69. The van der Waals surface area contributed by atoms with Gasteiger partial charge in [0.2, 0.25) is 0 Å². The molecule has 0 aromatic carbocycles. The first kappa shape index (κ1) is 13.9. The molecule has 0 aromatic heterocycles. The standard InChI is InChI=1S/C13H22O2/c1-5-9-15-13(14)10-12(4)8-6-7-11(2)3/h5,7,12H,1,6,8-10H2,2-4H3/t12-/m0/s1. The highest BCUT2D eigenvalue weighted by molar-refractivity contribution is 5.69. The van der Waals surface area contributed by atoms with Crippen molar-refractivity contribution in [2.45, 2.75) is 40.0 Å². The van der Waals surface area contributed by atoms with Crippen LogP contribution in [0.15, 0.2) is 24.3 Å². The van der Waals surface area contributed by atoms with Crippen LogP contribution in [-0.4, -0.2) is 12.6 Å². The number of ether oxygens (including phenoxy) is 1. The molecule has 0 spiro atoms. The molecule has 2 heteroatoms. The second kappa shape index (κ2) is 8.27. The molecule has 0 radical (unpaired) electrons. The summed E-state index contributed by atoms with van der Waals surface area (Å²) < 4.78 is 4.92. The van der Waals surface area contributed by atoms with E-state index in [0.717, 1.165) is 12.8 Å². The first-order valence-electron chi connectivity index (χ1n) is 5.46. The van der Waals surface area contributed by atoms with Gasteiger partial charge in [-0.15, -0.1) is 0 Å². The Morgan fingerprint density at radius 3 is 2.67 bits per heavy atom. The first-order valence-corrected chi connectivity index (χ1v) is 5.46. The molecule has 0 bridgehead atoms. The van der Waals surface area contributed by atoms with Crippen molar-refractivity contribution in [3.63, 3.8) is 0 Å². The average Bonchev–Trinajstić information content (AvgIpc) is 2.14. The molecule has 0 unspecified atom stereocenters. The van der Waals surface area contributed by atoms with Crippen molar-refractivity contribution < 1.29 is 9.53 Å². The van der Waals surface area contributed by atoms with Gasteiger partial charge in [-0.1, -0.05) is 31.2 Å². The SMILES string of the molecule is C=CCOC(=O)C[C@@H](C)CCC=C(C)C. The second-order valence-corrected chi connectivity index (χ2v) is 4.14. The van der Waals surface area contributed by atoms with Gasteiger partial charge in [0.05, 0.1) is 0 Å². The molecule has 0 N–H and O–H groups in total. The van der Waals surface area contributed by atoms with E-state index in [2.05, 4.69) is 33.4 Å². The van der Waals surface area contributed by atoms with Crippen LogP contribution in [0.1, 0.15) is 40.0 Å². The van der Waals surface area contributed by atoms with E-state index in [1.807, 2.05) is 0 Å². The molecule has 1 atom stereocenters. The van der Waals surface area contributed by atoms with Crippen LogP contribution in [0.3, 0.4) is 0 Å². The fraction of sp³-hybridized carbons (Fsp3) is 0.615. The van der Waals surface area contributed by atoms with E-state index in [0.29, 0.717) is 18.9 Å². The number of hydrogen-bond acceptors (Lipinski definition) is 2. The van der Waals surface area contributed by atoms with Gasteiger partial charge in [0, 0.05) is 6.42 Å². The van der Waals surface area contributed by atoms with E-state index in [1.54, 1.807) is 6.08 Å². The molecule has 0 saturated carbocycles. The summed E-state index contributed by atoms with van der Waals surface area (Å²) >= 11 is 0. The fourth-order valence-electron chi connectivity index (χ4n) is 1.25. The number of esters is 1. The first-order chi connectivity index (χ1) is 7.06. The van der Waals surface area contributed by atoms with Gasteiger partial charge in [-0.2, -0.15) is 0 Å². The minimum Gasteiger partial charge on any atom is -0.461 e. The van der Waals surface area contributed by atoms with E-state index >= 15 is 0 Å². The predicted octanol–water partition coefficient (Wildman–Crippen LogP) is 3.49. The summed E-state index contributed by atoms with van der Waals surface area (Å²) in [6.07, 6.45) is 6.37. The molecular weight excluding hydrogens is 188 g/mol. The summed E-state index contributed by atoms with van der Waals surface area (Å²) in [4.78, 5) is 11.2. The second-order valence-electron chi connectivity index (χ2n) is 4.14. The van der Waals surface area contributed by atoms with Crippen molar-refractivity contribution in [2.24, 2.45) is 5.92 Å². The highest BCUT2D eigenvalue weighted by atomic mass is 16.5. The zero-order chi connectivity index (χ0) is 11.7. The number of rotatable bonds is 7. The third-order valence-electron chi connectivity index (χ3n) is 2.09. The van der Waals surface area contributed by atoms with Crippen LogP contribution in [0.25, 0.3) is 0 Å². The van der Waals surface area contributed by atoms with Crippen molar-refractivity contribution >= 4 is 5.97 Å². The average molecular weight is 210 g/mol. The smallest absolute Gasteiger partial charge is 0.306 e. The van der Waals surface area contributed by atoms with Crippen LogP contribution in [0.4, 0.5) is 0 Å². The number of allylic oxidation sites excluding steroid dienone is 2. The molecule has 0 saturated heterocycles. The van der Waals surface area contributed by atoms with E-state index in [9.17, 15) is 4.79 Å². The van der Waals surface area contributed by atoms with Gasteiger partial charge in [-0.25, -0.2) is 0 Å². The number of hydrogen-bond donors (Lipinski definition) is 0. The maximum absolute atomic E-state index is 11.2. The fourth-order valence-corrected chi connectivity index (χ4v) is 1.25. The Hall–Kier alpha value is -1.05. The highest BCUT2D eigenvalue weighted by Crippen LogP contribution is 2.12. The number of carbonyl (C=O) groups excluding carboxylic acids is 1. The van der Waals surface area contributed by atoms with Gasteiger partial charge < -0.3 is 4.74 Å². The van der Waals surface area contributed by atoms with Gasteiger partial charge >= 0.3 is 5.97 Å². The largest absolute Gasteiger partial charge is 0.461 e. The topological polar surface area (TPSA) is 26.3 Å². The molecule has 0 fully saturated rings. The molecule has 0 heterocycles. The molecule has 0 rings (SSSR count). The number of carbonyl (C=O) groups is 1. The molecule has 0 aliphatic carbocycles. The van der Waals surface area contributed by atoms with Crippen molar-refractivity contribution in [1.29, 1.82) is 0 Å². The lowest BCUT2D eigenvalue weighted by molar-refractivity contribution is -0.143. The van der Waals surface area contributed by atoms with Crippen LogP contribution in [0, 0.1) is 5.92 Å². The molecule has 86 valence electrons. The quantitative estimate of drug-likeness (QED) is 0.475. The third-order valence-corrected chi connectivity index (χ3v) is 2.09. The summed E-state index contributed by atoms with van der Waals surface area (Å²) in [6, 6.07) is 0. The monoisotopic (exact) mass is 210 g/mol. The molecule has 2 nitrogen and oxygen atoms in total. The van der Waals surface area contributed by atoms with E-state index in [1.165, 1.54) is 5.57 Å². The van der Waals surface area contributed by atoms with E-state index in [4.69, 9.17) is 4.74 Å². The minimum absolute atomic E-state index is 0.125. The van der Waals surface area contributed by atoms with Gasteiger partial charge in [0.1, 0.15) is 6.61 Å². The van der Waals surface area contributed by atoms with Gasteiger partial charge in [0.15, 0.2) is 0 Å². The highest BCUT2D eigenvalue weighted by Gasteiger charge is 2.08. The van der Waals surface area contributed by atoms with Crippen LogP contribution in [0.5, 0.6) is 0 Å². The minimum atomic E-state index is -0.125. The predicted molar refractivity (Wildman–Crippen MR) is 63.6 cm³/mol. The van der Waals surface area contributed by atoms with Gasteiger partial charge in [0.25, 0.3) is 0 Å². The molecule has 0 aromatic rings. The lowest BCUT2D eigenvalue weighted by Gasteiger charge is -2.08. The van der Waals surface area contributed by atoms with Crippen LogP contribution >= 0.6 is 0 Å². The van der Waals surface area contributed by atoms with Crippen LogP contribution in [-0.2, 0) is 9.53 Å². The lowest BCUT2D eigenvalue weighted by atomic mass is 10.0. The summed E-state index contributed by atoms with van der Waals surface area (Å²) in [7, 11) is 0. The molecule has 15 heavy (non-hydrogen) atoms. The van der Waals surface area contributed by atoms with Crippen molar-refractivity contribution in [1.82, 2.24) is 0 Å². The van der Waals surface area contributed by atoms with Crippen molar-refractivity contribution in [3.05, 3.63) is 24.3 Å². The Morgan fingerprint density at radius 2 is 2.13 bits per heavy atom. The third kappa shape index (κ3) is 9.26. The Morgan fingerprint density at radius 1 is 1.47 bits per heavy atom. The zero-order valence-corrected chi connectivity index (χ0v) is 10.1. The summed E-state index contributed by atoms with van der Waals surface area (Å²) in [5.74, 6) is 0.262. The molecular formula is C13H22O2. The van der Waals surface area contributed by atoms with Gasteiger partial charge in [-0.05, 0) is 32.6 Å². The van der Waals surface area contributed by atoms with Crippen molar-refractivity contribution in [3.8, 4) is 0 Å². The van der Waals surface area contributed by atoms with Crippen LogP contribution < -0.4 is 0 Å². The maximum atomic E-state index is 11.2. The zero-order valence-electron chi connectivity index (χ0n) is 10.1. The molecule has 0 amide bonds. The summed E-state index contributed by atoms with van der Waals surface area (Å²) in [5, 5.41) is 0. The van der Waals surface area contributed by atoms with Crippen molar-refractivity contribution in [2.75, 3.05) is 6.61 Å². The Labute approximate surface area is 93.0 Å². The van der Waals surface area contributed by atoms with E-state index in [-0.39, 0.29) is 5.97 Å². The molecule has 0 aliphatic heterocycles. The Bertz CT molecular complexity index is 225. The van der Waals surface area contributed by atoms with Crippen LogP contribution in [0.2, 0.25) is 0 Å². The summed E-state index contributed by atoms with van der Waals surface area (Å²) in [5.41, 5.74) is 1.33. The summed E-state index contributed by atoms with van der Waals surface area (Å²) in [6.45, 7) is 10.1. The van der Waals surface area contributed by atoms with E-state index < -0.39 is 0 Å². The normalized spacial score (nSPS) is 11.7. The van der Waals surface area contributed by atoms with Gasteiger partial charge in [-0.3, -0.25) is 4.79 Å². The maximum Gasteiger partial charge on any atom is 0.306 e. The Balaban J connectivity index is 3.63. The molecule has 0 aliphatic rings. The lowest BCUT2D eigenvalue weighted by Crippen LogP contribution is -2.09.